The number of nitrogens with zero attached hydrogens (tertiary/aromatic N) is 3. The van der Waals surface area contributed by atoms with E-state index in [2.05, 4.69) is 4.90 Å². The molecule has 0 amide bonds. The van der Waals surface area contributed by atoms with Crippen LogP contribution in [0.3, 0.4) is 0 Å². The van der Waals surface area contributed by atoms with Gasteiger partial charge < -0.3 is 10.0 Å². The van der Waals surface area contributed by atoms with Gasteiger partial charge >= 0.3 is 5.69 Å². The summed E-state index contributed by atoms with van der Waals surface area (Å²) >= 11 is 0. The van der Waals surface area contributed by atoms with E-state index < -0.39 is 22.0 Å². The Hall–Kier alpha value is -1.73. The highest BCUT2D eigenvalue weighted by atomic mass is 19.1. The molecule has 2 rings (SSSR count). The lowest BCUT2D eigenvalue weighted by molar-refractivity contribution is -0.386. The van der Waals surface area contributed by atoms with E-state index in [1.165, 1.54) is 6.07 Å². The number of nitro benzene ring substituents is 1. The topological polar surface area (TPSA) is 69.8 Å². The molecule has 1 aliphatic rings. The minimum atomic E-state index is -0.809. The summed E-state index contributed by atoms with van der Waals surface area (Å²) in [6.45, 7) is 6.54. The highest BCUT2D eigenvalue weighted by Crippen LogP contribution is 2.31. The molecule has 1 aromatic rings. The zero-order valence-electron chi connectivity index (χ0n) is 12.3. The van der Waals surface area contributed by atoms with E-state index in [0.717, 1.165) is 6.07 Å². The summed E-state index contributed by atoms with van der Waals surface area (Å²) in [5, 5.41) is 20.8. The quantitative estimate of drug-likeness (QED) is 0.675. The fourth-order valence-electron chi connectivity index (χ4n) is 2.63. The van der Waals surface area contributed by atoms with Crippen molar-refractivity contribution in [2.24, 2.45) is 0 Å². The van der Waals surface area contributed by atoms with Crippen molar-refractivity contribution < 1.29 is 14.4 Å². The van der Waals surface area contributed by atoms with E-state index in [4.69, 9.17) is 0 Å². The van der Waals surface area contributed by atoms with Gasteiger partial charge in [0.15, 0.2) is 0 Å². The number of anilines is 1. The number of hydrogen-bond acceptors (Lipinski definition) is 5. The molecule has 0 unspecified atom stereocenters. The largest absolute Gasteiger partial charge is 0.389 e. The SMILES string of the molecule is CC(C)(O)CN1CCN(c2cccc(F)c2[N+](=O)[O-])CC1. The van der Waals surface area contributed by atoms with E-state index >= 15 is 0 Å². The smallest absolute Gasteiger partial charge is 0.327 e. The van der Waals surface area contributed by atoms with Gasteiger partial charge in [0.25, 0.3) is 0 Å². The molecule has 21 heavy (non-hydrogen) atoms. The summed E-state index contributed by atoms with van der Waals surface area (Å²) in [6.07, 6.45) is 0. The Balaban J connectivity index is 2.10. The summed E-state index contributed by atoms with van der Waals surface area (Å²) in [5.41, 5.74) is -0.913. The van der Waals surface area contributed by atoms with E-state index in [1.54, 1.807) is 19.9 Å². The van der Waals surface area contributed by atoms with Crippen LogP contribution in [0, 0.1) is 15.9 Å². The number of rotatable bonds is 4. The summed E-state index contributed by atoms with van der Waals surface area (Å²) < 4.78 is 13.6. The molecule has 1 saturated heterocycles. The minimum absolute atomic E-state index is 0.322. The average Bonchev–Trinajstić information content (AvgIpc) is 2.37. The van der Waals surface area contributed by atoms with Gasteiger partial charge in [-0.3, -0.25) is 15.0 Å². The van der Waals surface area contributed by atoms with Crippen LogP contribution in [0.25, 0.3) is 0 Å². The number of benzene rings is 1. The maximum atomic E-state index is 13.6. The van der Waals surface area contributed by atoms with E-state index in [9.17, 15) is 19.6 Å². The van der Waals surface area contributed by atoms with Crippen LogP contribution < -0.4 is 4.90 Å². The van der Waals surface area contributed by atoms with Gasteiger partial charge in [0, 0.05) is 32.7 Å². The Labute approximate surface area is 122 Å². The second kappa shape index (κ2) is 5.95. The lowest BCUT2D eigenvalue weighted by Gasteiger charge is -2.38. The van der Waals surface area contributed by atoms with Crippen LogP contribution >= 0.6 is 0 Å². The molecule has 0 aromatic heterocycles. The molecule has 0 radical (unpaired) electrons. The molecular weight excluding hydrogens is 277 g/mol. The molecule has 1 aromatic carbocycles. The number of halogens is 1. The van der Waals surface area contributed by atoms with Gasteiger partial charge in [0.05, 0.1) is 10.5 Å². The number of β-amino-alcohol motifs (C(OH)–C–C–N with tert-alkyl or cyclic N) is 1. The van der Waals surface area contributed by atoms with Crippen molar-refractivity contribution >= 4 is 11.4 Å². The molecule has 1 aliphatic heterocycles. The maximum Gasteiger partial charge on any atom is 0.327 e. The molecule has 1 fully saturated rings. The highest BCUT2D eigenvalue weighted by Gasteiger charge is 2.28. The summed E-state index contributed by atoms with van der Waals surface area (Å²) in [6, 6.07) is 4.17. The molecule has 0 spiro atoms. The van der Waals surface area contributed by atoms with Gasteiger partial charge in [0.1, 0.15) is 5.69 Å². The maximum absolute atomic E-state index is 13.6. The van der Waals surface area contributed by atoms with Crippen LogP contribution in [0.5, 0.6) is 0 Å². The first-order valence-electron chi connectivity index (χ1n) is 6.90. The monoisotopic (exact) mass is 297 g/mol. The third-order valence-electron chi connectivity index (χ3n) is 3.47. The lowest BCUT2D eigenvalue weighted by Crippen LogP contribution is -2.50. The van der Waals surface area contributed by atoms with Crippen molar-refractivity contribution in [3.63, 3.8) is 0 Å². The van der Waals surface area contributed by atoms with Crippen molar-refractivity contribution in [3.8, 4) is 0 Å². The van der Waals surface area contributed by atoms with Crippen LogP contribution in [-0.4, -0.2) is 53.3 Å². The fourth-order valence-corrected chi connectivity index (χ4v) is 2.63. The zero-order chi connectivity index (χ0) is 15.6. The van der Waals surface area contributed by atoms with Crippen molar-refractivity contribution in [1.29, 1.82) is 0 Å². The predicted octanol–water partition coefficient (Wildman–Crippen LogP) is 1.63. The van der Waals surface area contributed by atoms with E-state index in [-0.39, 0.29) is 0 Å². The summed E-state index contributed by atoms with van der Waals surface area (Å²) in [5.74, 6) is -0.809. The number of piperazine rings is 1. The highest BCUT2D eigenvalue weighted by molar-refractivity contribution is 5.64. The van der Waals surface area contributed by atoms with E-state index in [1.807, 2.05) is 4.90 Å². The summed E-state index contributed by atoms with van der Waals surface area (Å²) in [7, 11) is 0. The molecule has 0 atom stereocenters. The Morgan fingerprint density at radius 2 is 1.95 bits per heavy atom. The average molecular weight is 297 g/mol. The Kier molecular flexibility index (Phi) is 4.43. The van der Waals surface area contributed by atoms with Crippen LogP contribution in [0.15, 0.2) is 18.2 Å². The molecule has 116 valence electrons. The van der Waals surface area contributed by atoms with Gasteiger partial charge in [-0.2, -0.15) is 4.39 Å². The Morgan fingerprint density at radius 1 is 1.33 bits per heavy atom. The van der Waals surface area contributed by atoms with Crippen molar-refractivity contribution in [2.45, 2.75) is 19.4 Å². The second-order valence-electron chi connectivity index (χ2n) is 5.94. The first-order valence-corrected chi connectivity index (χ1v) is 6.90. The standard InChI is InChI=1S/C14H20FN3O3/c1-14(2,19)10-16-6-8-17(9-7-16)12-5-3-4-11(15)13(12)18(20)21/h3-5,19H,6-10H2,1-2H3. The molecule has 0 bridgehead atoms. The third kappa shape index (κ3) is 3.89. The first-order chi connectivity index (χ1) is 9.78. The molecular formula is C14H20FN3O3. The number of aliphatic hydroxyl groups is 1. The molecule has 1 N–H and O–H groups in total. The van der Waals surface area contributed by atoms with Crippen LogP contribution in [0.4, 0.5) is 15.8 Å². The van der Waals surface area contributed by atoms with Gasteiger partial charge in [-0.05, 0) is 26.0 Å². The minimum Gasteiger partial charge on any atom is -0.389 e. The molecule has 1 heterocycles. The molecule has 0 saturated carbocycles. The fraction of sp³-hybridized carbons (Fsp3) is 0.571. The van der Waals surface area contributed by atoms with Gasteiger partial charge in [-0.25, -0.2) is 0 Å². The molecule has 7 heteroatoms. The Bertz CT molecular complexity index is 523. The van der Waals surface area contributed by atoms with Crippen molar-refractivity contribution in [2.75, 3.05) is 37.6 Å². The van der Waals surface area contributed by atoms with E-state index in [0.29, 0.717) is 38.4 Å². The number of nitro groups is 1. The third-order valence-corrected chi connectivity index (χ3v) is 3.47. The second-order valence-corrected chi connectivity index (χ2v) is 5.94. The van der Waals surface area contributed by atoms with Crippen LogP contribution in [-0.2, 0) is 0 Å². The predicted molar refractivity (Wildman–Crippen MR) is 78.0 cm³/mol. The van der Waals surface area contributed by atoms with Gasteiger partial charge in [-0.1, -0.05) is 6.07 Å². The molecule has 0 aliphatic carbocycles. The van der Waals surface area contributed by atoms with Gasteiger partial charge in [-0.15, -0.1) is 0 Å². The first kappa shape index (κ1) is 15.7. The lowest BCUT2D eigenvalue weighted by atomic mass is 10.1. The van der Waals surface area contributed by atoms with Gasteiger partial charge in [0.2, 0.25) is 5.82 Å². The van der Waals surface area contributed by atoms with Crippen molar-refractivity contribution in [1.82, 2.24) is 4.90 Å². The Morgan fingerprint density at radius 3 is 2.48 bits per heavy atom. The number of para-hydroxylation sites is 1. The van der Waals surface area contributed by atoms with Crippen LogP contribution in [0.1, 0.15) is 13.8 Å². The van der Waals surface area contributed by atoms with Crippen LogP contribution in [0.2, 0.25) is 0 Å². The number of hydrogen-bond donors (Lipinski definition) is 1. The summed E-state index contributed by atoms with van der Waals surface area (Å²) in [4.78, 5) is 14.3. The molecule has 6 nitrogen and oxygen atoms in total. The van der Waals surface area contributed by atoms with Crippen molar-refractivity contribution in [3.05, 3.63) is 34.1 Å². The normalized spacial score (nSPS) is 17.0. The zero-order valence-corrected chi connectivity index (χ0v) is 12.3.